The number of nitrogens with one attached hydrogen (secondary N) is 2. The zero-order valence-electron chi connectivity index (χ0n) is 14.4. The molecule has 2 aliphatic heterocycles. The van der Waals surface area contributed by atoms with Crippen molar-refractivity contribution in [3.05, 3.63) is 48.5 Å². The smallest absolute Gasteiger partial charge is 0.242 e. The molecule has 0 radical (unpaired) electrons. The van der Waals surface area contributed by atoms with Crippen LogP contribution in [0.5, 0.6) is 0 Å². The highest BCUT2D eigenvalue weighted by molar-refractivity contribution is 7.99. The van der Waals surface area contributed by atoms with E-state index in [9.17, 15) is 9.59 Å². The van der Waals surface area contributed by atoms with Crippen molar-refractivity contribution < 1.29 is 9.59 Å². The van der Waals surface area contributed by atoms with Crippen molar-refractivity contribution in [3.8, 4) is 0 Å². The summed E-state index contributed by atoms with van der Waals surface area (Å²) in [6.07, 6.45) is 1.87. The Morgan fingerprint density at radius 1 is 1.12 bits per heavy atom. The molecule has 2 aliphatic rings. The molecule has 5 nitrogen and oxygen atoms in total. The number of nitrogens with zero attached hydrogens (tertiary/aromatic N) is 1. The molecule has 0 saturated carbocycles. The summed E-state index contributed by atoms with van der Waals surface area (Å²) in [7, 11) is 0. The Labute approximate surface area is 157 Å². The number of hydrogen-bond donors (Lipinski definition) is 2. The zero-order chi connectivity index (χ0) is 17.9. The van der Waals surface area contributed by atoms with Crippen LogP contribution >= 0.6 is 11.8 Å². The minimum absolute atomic E-state index is 0.0378. The van der Waals surface area contributed by atoms with Crippen molar-refractivity contribution in [1.29, 1.82) is 0 Å². The highest BCUT2D eigenvalue weighted by Crippen LogP contribution is 2.47. The third kappa shape index (κ3) is 3.42. The summed E-state index contributed by atoms with van der Waals surface area (Å²) in [5, 5.41) is 5.65. The molecule has 0 aromatic heterocycles. The molecule has 2 heterocycles. The number of carbonyl (C=O) groups excluding carboxylic acids is 2. The van der Waals surface area contributed by atoms with Gasteiger partial charge in [-0.3, -0.25) is 9.59 Å². The lowest BCUT2D eigenvalue weighted by Gasteiger charge is -2.32. The quantitative estimate of drug-likeness (QED) is 0.798. The summed E-state index contributed by atoms with van der Waals surface area (Å²) in [5.41, 5.74) is 2.43. The van der Waals surface area contributed by atoms with Crippen molar-refractivity contribution in [1.82, 2.24) is 10.6 Å². The SMILES string of the molecule is O=C1CCC(C(=O)NCCCN2c3ccccc3Sc3ccccc32)N1. The van der Waals surface area contributed by atoms with Gasteiger partial charge in [-0.15, -0.1) is 0 Å². The van der Waals surface area contributed by atoms with Gasteiger partial charge < -0.3 is 15.5 Å². The predicted octanol–water partition coefficient (Wildman–Crippen LogP) is 3.07. The number of fused-ring (bicyclic) bond motifs is 2. The minimum atomic E-state index is -0.365. The molecule has 2 aromatic carbocycles. The number of benzene rings is 2. The molecule has 0 bridgehead atoms. The molecule has 1 atom stereocenters. The second-order valence-corrected chi connectivity index (χ2v) is 7.58. The molecule has 2 aromatic rings. The summed E-state index contributed by atoms with van der Waals surface area (Å²) in [6.45, 7) is 1.42. The van der Waals surface area contributed by atoms with Crippen molar-refractivity contribution in [2.45, 2.75) is 35.1 Å². The number of amides is 2. The monoisotopic (exact) mass is 367 g/mol. The molecule has 2 amide bonds. The lowest BCUT2D eigenvalue weighted by molar-refractivity contribution is -0.125. The van der Waals surface area contributed by atoms with Crippen LogP contribution in [0.15, 0.2) is 58.3 Å². The van der Waals surface area contributed by atoms with Crippen LogP contribution in [-0.2, 0) is 9.59 Å². The molecule has 1 unspecified atom stereocenters. The van der Waals surface area contributed by atoms with Crippen LogP contribution < -0.4 is 15.5 Å². The Kier molecular flexibility index (Phi) is 4.84. The Bertz CT molecular complexity index is 794. The fraction of sp³-hybridized carbons (Fsp3) is 0.300. The lowest BCUT2D eigenvalue weighted by atomic mass is 10.2. The van der Waals surface area contributed by atoms with E-state index in [0.717, 1.165) is 13.0 Å². The first-order chi connectivity index (χ1) is 12.7. The highest BCUT2D eigenvalue weighted by Gasteiger charge is 2.27. The second kappa shape index (κ2) is 7.41. The normalized spacial score (nSPS) is 18.1. The van der Waals surface area contributed by atoms with Gasteiger partial charge in [-0.05, 0) is 37.1 Å². The molecular weight excluding hydrogens is 346 g/mol. The van der Waals surface area contributed by atoms with Gasteiger partial charge in [0, 0.05) is 29.3 Å². The van der Waals surface area contributed by atoms with Gasteiger partial charge in [-0.1, -0.05) is 36.0 Å². The number of hydrogen-bond acceptors (Lipinski definition) is 4. The molecule has 26 heavy (non-hydrogen) atoms. The number of anilines is 2. The molecule has 6 heteroatoms. The summed E-state index contributed by atoms with van der Waals surface area (Å²) >= 11 is 1.80. The maximum atomic E-state index is 12.1. The van der Waals surface area contributed by atoms with Crippen LogP contribution in [-0.4, -0.2) is 30.9 Å². The summed E-state index contributed by atoms with van der Waals surface area (Å²) in [6, 6.07) is 16.5. The van der Waals surface area contributed by atoms with E-state index in [1.807, 2.05) is 0 Å². The fourth-order valence-electron chi connectivity index (χ4n) is 3.40. The highest BCUT2D eigenvalue weighted by atomic mass is 32.2. The van der Waals surface area contributed by atoms with E-state index >= 15 is 0 Å². The van der Waals surface area contributed by atoms with E-state index < -0.39 is 0 Å². The van der Waals surface area contributed by atoms with Crippen LogP contribution in [0.2, 0.25) is 0 Å². The Morgan fingerprint density at radius 3 is 2.38 bits per heavy atom. The van der Waals surface area contributed by atoms with Gasteiger partial charge in [0.2, 0.25) is 11.8 Å². The predicted molar refractivity (Wildman–Crippen MR) is 103 cm³/mol. The van der Waals surface area contributed by atoms with E-state index in [-0.39, 0.29) is 17.9 Å². The van der Waals surface area contributed by atoms with Crippen molar-refractivity contribution in [3.63, 3.8) is 0 Å². The van der Waals surface area contributed by atoms with E-state index in [0.29, 0.717) is 19.4 Å². The minimum Gasteiger partial charge on any atom is -0.354 e. The topological polar surface area (TPSA) is 61.4 Å². The Morgan fingerprint density at radius 2 is 1.77 bits per heavy atom. The maximum Gasteiger partial charge on any atom is 0.242 e. The lowest BCUT2D eigenvalue weighted by Crippen LogP contribution is -2.42. The van der Waals surface area contributed by atoms with E-state index in [4.69, 9.17) is 0 Å². The Hall–Kier alpha value is -2.47. The largest absolute Gasteiger partial charge is 0.354 e. The van der Waals surface area contributed by atoms with E-state index in [1.54, 1.807) is 11.8 Å². The molecule has 2 N–H and O–H groups in total. The van der Waals surface area contributed by atoms with Crippen molar-refractivity contribution in [2.75, 3.05) is 18.0 Å². The standard InChI is InChI=1S/C20H21N3O2S/c24-19-11-10-14(22-19)20(25)21-12-5-13-23-15-6-1-3-8-17(15)26-18-9-4-2-7-16(18)23/h1-4,6-9,14H,5,10-13H2,(H,21,25)(H,22,24). The van der Waals surface area contributed by atoms with Gasteiger partial charge in [0.1, 0.15) is 6.04 Å². The van der Waals surface area contributed by atoms with E-state index in [2.05, 4.69) is 64.1 Å². The zero-order valence-corrected chi connectivity index (χ0v) is 15.2. The molecule has 134 valence electrons. The first kappa shape index (κ1) is 17.0. The van der Waals surface area contributed by atoms with Gasteiger partial charge >= 0.3 is 0 Å². The third-order valence-corrected chi connectivity index (χ3v) is 5.83. The van der Waals surface area contributed by atoms with Crippen LogP contribution in [0.1, 0.15) is 19.3 Å². The first-order valence-corrected chi connectivity index (χ1v) is 9.74. The molecular formula is C20H21N3O2S. The van der Waals surface area contributed by atoms with Gasteiger partial charge in [0.25, 0.3) is 0 Å². The van der Waals surface area contributed by atoms with Gasteiger partial charge in [0.05, 0.1) is 11.4 Å². The average molecular weight is 367 g/mol. The molecule has 0 aliphatic carbocycles. The second-order valence-electron chi connectivity index (χ2n) is 6.49. The number of carbonyl (C=O) groups is 2. The van der Waals surface area contributed by atoms with Crippen molar-refractivity contribution >= 4 is 35.0 Å². The fourth-order valence-corrected chi connectivity index (χ4v) is 4.50. The van der Waals surface area contributed by atoms with E-state index in [1.165, 1.54) is 21.2 Å². The van der Waals surface area contributed by atoms with Crippen LogP contribution in [0.4, 0.5) is 11.4 Å². The number of rotatable bonds is 5. The molecule has 1 fully saturated rings. The summed E-state index contributed by atoms with van der Waals surface area (Å²) in [4.78, 5) is 28.2. The van der Waals surface area contributed by atoms with Crippen LogP contribution in [0.25, 0.3) is 0 Å². The average Bonchev–Trinajstić information content (AvgIpc) is 3.10. The number of para-hydroxylation sites is 2. The molecule has 1 saturated heterocycles. The molecule has 4 rings (SSSR count). The first-order valence-electron chi connectivity index (χ1n) is 8.93. The van der Waals surface area contributed by atoms with Crippen LogP contribution in [0, 0.1) is 0 Å². The van der Waals surface area contributed by atoms with Crippen molar-refractivity contribution in [2.24, 2.45) is 0 Å². The van der Waals surface area contributed by atoms with Crippen LogP contribution in [0.3, 0.4) is 0 Å². The maximum absolute atomic E-state index is 12.1. The summed E-state index contributed by atoms with van der Waals surface area (Å²) in [5.74, 6) is -0.116. The molecule has 0 spiro atoms. The Balaban J connectivity index is 1.39. The van der Waals surface area contributed by atoms with Gasteiger partial charge in [-0.2, -0.15) is 0 Å². The third-order valence-electron chi connectivity index (χ3n) is 4.70. The van der Waals surface area contributed by atoms with Gasteiger partial charge in [0.15, 0.2) is 0 Å². The van der Waals surface area contributed by atoms with Gasteiger partial charge in [-0.25, -0.2) is 0 Å². The summed E-state index contributed by atoms with van der Waals surface area (Å²) < 4.78 is 0.